The average Bonchev–Trinajstić information content (AvgIpc) is 2.73. The monoisotopic (exact) mass is 213 g/mol. The van der Waals surface area contributed by atoms with E-state index in [1.165, 1.54) is 48.6 Å². The maximum absolute atomic E-state index is 3.36. The molecule has 1 aromatic carbocycles. The standard InChI is InChI=1S/C15H19N/c1-11-15-13(10-16-11)8-5-9-14(15)12-6-3-2-4-7-12/h5,8-10,12,16H,2-4,6-7H2,1H3. The van der Waals surface area contributed by atoms with Crippen molar-refractivity contribution in [2.75, 3.05) is 0 Å². The van der Waals surface area contributed by atoms with E-state index in [1.54, 1.807) is 5.56 Å². The van der Waals surface area contributed by atoms with Gasteiger partial charge in [-0.1, -0.05) is 37.5 Å². The van der Waals surface area contributed by atoms with E-state index in [2.05, 4.69) is 36.3 Å². The number of hydrogen-bond acceptors (Lipinski definition) is 0. The molecule has 0 aliphatic heterocycles. The average molecular weight is 213 g/mol. The van der Waals surface area contributed by atoms with Gasteiger partial charge in [-0.3, -0.25) is 0 Å². The molecule has 84 valence electrons. The van der Waals surface area contributed by atoms with Gasteiger partial charge in [-0.25, -0.2) is 0 Å². The van der Waals surface area contributed by atoms with Crippen molar-refractivity contribution in [3.63, 3.8) is 0 Å². The Morgan fingerprint density at radius 3 is 2.75 bits per heavy atom. The molecule has 0 radical (unpaired) electrons. The third-order valence-corrected chi connectivity index (χ3v) is 3.99. The summed E-state index contributed by atoms with van der Waals surface area (Å²) in [5.41, 5.74) is 2.91. The first kappa shape index (κ1) is 9.95. The van der Waals surface area contributed by atoms with Gasteiger partial charge in [0, 0.05) is 17.3 Å². The first-order chi connectivity index (χ1) is 7.86. The van der Waals surface area contributed by atoms with Gasteiger partial charge in [0.25, 0.3) is 0 Å². The summed E-state index contributed by atoms with van der Waals surface area (Å²) >= 11 is 0. The highest BCUT2D eigenvalue weighted by atomic mass is 14.7. The number of H-pyrrole nitrogens is 1. The lowest BCUT2D eigenvalue weighted by atomic mass is 9.82. The minimum absolute atomic E-state index is 0.798. The molecule has 1 N–H and O–H groups in total. The number of aryl methyl sites for hydroxylation is 1. The normalized spacial score (nSPS) is 18.1. The first-order valence-corrected chi connectivity index (χ1v) is 6.43. The Labute approximate surface area is 96.9 Å². The fourth-order valence-corrected chi connectivity index (χ4v) is 3.15. The van der Waals surface area contributed by atoms with Crippen LogP contribution in [-0.4, -0.2) is 4.98 Å². The molecule has 1 heteroatoms. The molecule has 1 nitrogen and oxygen atoms in total. The minimum atomic E-state index is 0.798. The van der Waals surface area contributed by atoms with Crippen molar-refractivity contribution in [3.8, 4) is 0 Å². The van der Waals surface area contributed by atoms with Crippen LogP contribution >= 0.6 is 0 Å². The SMILES string of the molecule is Cc1[nH]cc2cccc(C3CCCCC3)c12. The summed E-state index contributed by atoms with van der Waals surface area (Å²) in [6.45, 7) is 2.19. The zero-order valence-corrected chi connectivity index (χ0v) is 9.92. The number of rotatable bonds is 1. The summed E-state index contributed by atoms with van der Waals surface area (Å²) in [7, 11) is 0. The number of aromatic amines is 1. The van der Waals surface area contributed by atoms with E-state index in [-0.39, 0.29) is 0 Å². The van der Waals surface area contributed by atoms with E-state index < -0.39 is 0 Å². The summed E-state index contributed by atoms with van der Waals surface area (Å²) in [6, 6.07) is 6.75. The third kappa shape index (κ3) is 1.55. The first-order valence-electron chi connectivity index (χ1n) is 6.43. The van der Waals surface area contributed by atoms with Gasteiger partial charge in [0.15, 0.2) is 0 Å². The molecule has 1 aliphatic rings. The number of benzene rings is 1. The molecule has 3 rings (SSSR count). The molecule has 1 saturated carbocycles. The van der Waals surface area contributed by atoms with Crippen LogP contribution in [0, 0.1) is 6.92 Å². The van der Waals surface area contributed by atoms with Crippen molar-refractivity contribution in [1.82, 2.24) is 4.98 Å². The van der Waals surface area contributed by atoms with Gasteiger partial charge in [0.2, 0.25) is 0 Å². The van der Waals surface area contributed by atoms with E-state index in [0.717, 1.165) is 5.92 Å². The van der Waals surface area contributed by atoms with Crippen molar-refractivity contribution >= 4 is 10.8 Å². The van der Waals surface area contributed by atoms with Crippen LogP contribution in [0.1, 0.15) is 49.3 Å². The topological polar surface area (TPSA) is 15.8 Å². The Balaban J connectivity index is 2.10. The van der Waals surface area contributed by atoms with Crippen LogP contribution in [0.4, 0.5) is 0 Å². The molecule has 2 aromatic rings. The van der Waals surface area contributed by atoms with Crippen molar-refractivity contribution in [2.24, 2.45) is 0 Å². The number of hydrogen-bond donors (Lipinski definition) is 1. The molecular weight excluding hydrogens is 194 g/mol. The minimum Gasteiger partial charge on any atom is -0.364 e. The van der Waals surface area contributed by atoms with Crippen molar-refractivity contribution < 1.29 is 0 Å². The van der Waals surface area contributed by atoms with E-state index in [9.17, 15) is 0 Å². The predicted molar refractivity (Wildman–Crippen MR) is 68.9 cm³/mol. The highest BCUT2D eigenvalue weighted by Gasteiger charge is 2.18. The van der Waals surface area contributed by atoms with Gasteiger partial charge in [-0.15, -0.1) is 0 Å². The molecule has 0 bridgehead atoms. The second-order valence-corrected chi connectivity index (χ2v) is 5.06. The van der Waals surface area contributed by atoms with Crippen LogP contribution in [-0.2, 0) is 0 Å². The molecule has 0 atom stereocenters. The lowest BCUT2D eigenvalue weighted by Gasteiger charge is -2.23. The van der Waals surface area contributed by atoms with Gasteiger partial charge >= 0.3 is 0 Å². The van der Waals surface area contributed by atoms with Crippen LogP contribution in [0.5, 0.6) is 0 Å². The summed E-state index contributed by atoms with van der Waals surface area (Å²) in [4.78, 5) is 3.36. The molecule has 1 fully saturated rings. The molecular formula is C15H19N. The smallest absolute Gasteiger partial charge is 0.0198 e. The van der Waals surface area contributed by atoms with E-state index in [1.807, 2.05) is 0 Å². The van der Waals surface area contributed by atoms with Crippen LogP contribution < -0.4 is 0 Å². The van der Waals surface area contributed by atoms with Gasteiger partial charge in [-0.2, -0.15) is 0 Å². The van der Waals surface area contributed by atoms with E-state index in [0.29, 0.717) is 0 Å². The molecule has 0 unspecified atom stereocenters. The number of nitrogens with one attached hydrogen (secondary N) is 1. The maximum Gasteiger partial charge on any atom is 0.0198 e. The van der Waals surface area contributed by atoms with Gasteiger partial charge in [0.1, 0.15) is 0 Å². The van der Waals surface area contributed by atoms with Crippen LogP contribution in [0.25, 0.3) is 10.8 Å². The van der Waals surface area contributed by atoms with Crippen LogP contribution in [0.2, 0.25) is 0 Å². The van der Waals surface area contributed by atoms with Crippen LogP contribution in [0.15, 0.2) is 24.4 Å². The molecule has 0 saturated heterocycles. The van der Waals surface area contributed by atoms with E-state index >= 15 is 0 Å². The third-order valence-electron chi connectivity index (χ3n) is 3.99. The molecule has 0 amide bonds. The van der Waals surface area contributed by atoms with Gasteiger partial charge in [-0.05, 0) is 36.6 Å². The lowest BCUT2D eigenvalue weighted by Crippen LogP contribution is -2.04. The fourth-order valence-electron chi connectivity index (χ4n) is 3.15. The Morgan fingerprint density at radius 1 is 1.12 bits per heavy atom. The Morgan fingerprint density at radius 2 is 1.94 bits per heavy atom. The van der Waals surface area contributed by atoms with E-state index in [4.69, 9.17) is 0 Å². The molecule has 16 heavy (non-hydrogen) atoms. The summed E-state index contributed by atoms with van der Waals surface area (Å²) in [6.07, 6.45) is 9.14. The van der Waals surface area contributed by atoms with Crippen molar-refractivity contribution in [2.45, 2.75) is 44.9 Å². The fraction of sp³-hybridized carbons (Fsp3) is 0.467. The molecule has 0 spiro atoms. The van der Waals surface area contributed by atoms with Gasteiger partial charge < -0.3 is 4.98 Å². The Kier molecular flexibility index (Phi) is 2.47. The van der Waals surface area contributed by atoms with Crippen LogP contribution in [0.3, 0.4) is 0 Å². The predicted octanol–water partition coefficient (Wildman–Crippen LogP) is 4.52. The number of aromatic nitrogens is 1. The van der Waals surface area contributed by atoms with Crippen molar-refractivity contribution in [1.29, 1.82) is 0 Å². The molecule has 1 aromatic heterocycles. The zero-order chi connectivity index (χ0) is 11.0. The maximum atomic E-state index is 3.36. The molecule has 1 aliphatic carbocycles. The van der Waals surface area contributed by atoms with Gasteiger partial charge in [0.05, 0.1) is 0 Å². The highest BCUT2D eigenvalue weighted by Crippen LogP contribution is 2.37. The lowest BCUT2D eigenvalue weighted by molar-refractivity contribution is 0.445. The summed E-state index contributed by atoms with van der Waals surface area (Å²) in [5.74, 6) is 0.798. The Bertz CT molecular complexity index is 489. The molecule has 1 heterocycles. The summed E-state index contributed by atoms with van der Waals surface area (Å²) < 4.78 is 0. The summed E-state index contributed by atoms with van der Waals surface area (Å²) in [5, 5.41) is 2.86. The largest absolute Gasteiger partial charge is 0.364 e. The highest BCUT2D eigenvalue weighted by molar-refractivity contribution is 5.88. The zero-order valence-electron chi connectivity index (χ0n) is 9.92. The van der Waals surface area contributed by atoms with Crippen molar-refractivity contribution in [3.05, 3.63) is 35.7 Å². The number of fused-ring (bicyclic) bond motifs is 1. The second-order valence-electron chi connectivity index (χ2n) is 5.06. The second kappa shape index (κ2) is 3.97. The Hall–Kier alpha value is -1.24. The quantitative estimate of drug-likeness (QED) is 0.716.